The van der Waals surface area contributed by atoms with Crippen LogP contribution in [-0.2, 0) is 4.79 Å². The van der Waals surface area contributed by atoms with Gasteiger partial charge >= 0.3 is 0 Å². The smallest absolute Gasteiger partial charge is 0.239 e. The third kappa shape index (κ3) is 3.53. The first-order valence-electron chi connectivity index (χ1n) is 8.24. The molecule has 0 radical (unpaired) electrons. The highest BCUT2D eigenvalue weighted by Crippen LogP contribution is 2.33. The van der Waals surface area contributed by atoms with Crippen LogP contribution in [0.1, 0.15) is 46.0 Å². The molecule has 1 aliphatic heterocycles. The molecule has 4 atom stereocenters. The minimum atomic E-state index is 0.0627. The molecule has 20 heavy (non-hydrogen) atoms. The maximum absolute atomic E-state index is 12.8. The first-order chi connectivity index (χ1) is 9.52. The second-order valence-corrected chi connectivity index (χ2v) is 6.84. The summed E-state index contributed by atoms with van der Waals surface area (Å²) in [5.41, 5.74) is 0. The van der Waals surface area contributed by atoms with E-state index in [1.54, 1.807) is 0 Å². The van der Waals surface area contributed by atoms with E-state index in [1.165, 1.54) is 25.7 Å². The lowest BCUT2D eigenvalue weighted by Crippen LogP contribution is -2.51. The lowest BCUT2D eigenvalue weighted by atomic mass is 9.85. The van der Waals surface area contributed by atoms with E-state index in [2.05, 4.69) is 43.1 Å². The van der Waals surface area contributed by atoms with Crippen LogP contribution < -0.4 is 5.32 Å². The van der Waals surface area contributed by atoms with Crippen LogP contribution in [-0.4, -0.2) is 61.0 Å². The number of carbonyl (C=O) groups is 1. The van der Waals surface area contributed by atoms with Gasteiger partial charge in [-0.05, 0) is 53.1 Å². The molecule has 1 N–H and O–H groups in total. The van der Waals surface area contributed by atoms with E-state index in [-0.39, 0.29) is 12.1 Å². The van der Waals surface area contributed by atoms with Gasteiger partial charge in [0.2, 0.25) is 5.91 Å². The molecule has 2 rings (SSSR count). The molecule has 0 bridgehead atoms. The van der Waals surface area contributed by atoms with Crippen molar-refractivity contribution in [2.45, 2.75) is 64.1 Å². The Hall–Kier alpha value is -0.610. The summed E-state index contributed by atoms with van der Waals surface area (Å²) in [5.74, 6) is 1.05. The predicted octanol–water partition coefficient (Wildman–Crippen LogP) is 1.71. The molecule has 0 spiro atoms. The fourth-order valence-corrected chi connectivity index (χ4v) is 4.02. The Balaban J connectivity index is 1.95. The van der Waals surface area contributed by atoms with E-state index in [0.717, 1.165) is 25.4 Å². The summed E-state index contributed by atoms with van der Waals surface area (Å²) >= 11 is 0. The van der Waals surface area contributed by atoms with Crippen LogP contribution in [0.4, 0.5) is 0 Å². The van der Waals surface area contributed by atoms with Crippen LogP contribution >= 0.6 is 0 Å². The number of carbonyl (C=O) groups excluding carboxylic acids is 1. The van der Waals surface area contributed by atoms with Crippen LogP contribution in [0.3, 0.4) is 0 Å². The summed E-state index contributed by atoms with van der Waals surface area (Å²) in [6.45, 7) is 5.98. The van der Waals surface area contributed by atoms with Crippen molar-refractivity contribution in [1.82, 2.24) is 15.1 Å². The van der Waals surface area contributed by atoms with Gasteiger partial charge < -0.3 is 15.1 Å². The normalized spacial score (nSPS) is 31.1. The number of nitrogens with zero attached hydrogens (tertiary/aromatic N) is 2. The maximum atomic E-state index is 12.8. The van der Waals surface area contributed by atoms with Gasteiger partial charge in [0.1, 0.15) is 0 Å². The van der Waals surface area contributed by atoms with Crippen molar-refractivity contribution >= 4 is 5.91 Å². The van der Waals surface area contributed by atoms with Gasteiger partial charge in [0, 0.05) is 25.2 Å². The van der Waals surface area contributed by atoms with Crippen molar-refractivity contribution in [3.63, 3.8) is 0 Å². The molecule has 0 aromatic carbocycles. The lowest BCUT2D eigenvalue weighted by Gasteiger charge is -2.32. The van der Waals surface area contributed by atoms with E-state index in [4.69, 9.17) is 0 Å². The predicted molar refractivity (Wildman–Crippen MR) is 82.7 cm³/mol. The number of nitrogens with one attached hydrogen (secondary N) is 1. The van der Waals surface area contributed by atoms with E-state index in [9.17, 15) is 4.79 Å². The molecule has 1 saturated carbocycles. The second kappa shape index (κ2) is 6.90. The largest absolute Gasteiger partial charge is 0.338 e. The Morgan fingerprint density at radius 1 is 1.30 bits per heavy atom. The molecule has 2 aliphatic rings. The standard InChI is InChI=1S/C16H31N3O/c1-5-19(12(2)11-18(3)4)16(20)15-10-13-8-6-7-9-14(13)17-15/h12-15,17H,5-11H2,1-4H3. The highest BCUT2D eigenvalue weighted by molar-refractivity contribution is 5.82. The summed E-state index contributed by atoms with van der Waals surface area (Å²) in [7, 11) is 4.13. The van der Waals surface area contributed by atoms with Gasteiger partial charge in [0.15, 0.2) is 0 Å². The van der Waals surface area contributed by atoms with Gasteiger partial charge in [-0.1, -0.05) is 12.8 Å². The van der Waals surface area contributed by atoms with Gasteiger partial charge in [-0.15, -0.1) is 0 Å². The molecular weight excluding hydrogens is 250 g/mol. The summed E-state index contributed by atoms with van der Waals surface area (Å²) in [4.78, 5) is 17.0. The third-order valence-electron chi connectivity index (χ3n) is 4.95. The van der Waals surface area contributed by atoms with Crippen LogP contribution in [0.2, 0.25) is 0 Å². The number of amides is 1. The summed E-state index contributed by atoms with van der Waals surface area (Å²) in [6.07, 6.45) is 6.28. The molecule has 0 aromatic heterocycles. The van der Waals surface area contributed by atoms with Crippen molar-refractivity contribution in [2.24, 2.45) is 5.92 Å². The minimum Gasteiger partial charge on any atom is -0.338 e. The van der Waals surface area contributed by atoms with Crippen molar-refractivity contribution < 1.29 is 4.79 Å². The van der Waals surface area contributed by atoms with Gasteiger partial charge in [-0.2, -0.15) is 0 Å². The summed E-state index contributed by atoms with van der Waals surface area (Å²) in [6, 6.07) is 0.945. The zero-order valence-electron chi connectivity index (χ0n) is 13.6. The van der Waals surface area contributed by atoms with Crippen molar-refractivity contribution in [3.05, 3.63) is 0 Å². The lowest BCUT2D eigenvalue weighted by molar-refractivity contribution is -0.135. The Morgan fingerprint density at radius 3 is 2.60 bits per heavy atom. The summed E-state index contributed by atoms with van der Waals surface area (Å²) < 4.78 is 0. The first-order valence-corrected chi connectivity index (χ1v) is 8.24. The van der Waals surface area contributed by atoms with E-state index in [1.807, 2.05) is 0 Å². The third-order valence-corrected chi connectivity index (χ3v) is 4.95. The molecule has 116 valence electrons. The van der Waals surface area contributed by atoms with Gasteiger partial charge in [0.05, 0.1) is 6.04 Å². The highest BCUT2D eigenvalue weighted by atomic mass is 16.2. The molecule has 1 aliphatic carbocycles. The molecule has 2 fully saturated rings. The monoisotopic (exact) mass is 281 g/mol. The number of fused-ring (bicyclic) bond motifs is 1. The molecule has 4 heteroatoms. The average molecular weight is 281 g/mol. The minimum absolute atomic E-state index is 0.0627. The van der Waals surface area contributed by atoms with E-state index < -0.39 is 0 Å². The molecule has 1 heterocycles. The van der Waals surface area contributed by atoms with Crippen LogP contribution in [0.5, 0.6) is 0 Å². The van der Waals surface area contributed by atoms with Gasteiger partial charge in [-0.3, -0.25) is 4.79 Å². The Kier molecular flexibility index (Phi) is 5.44. The SMILES string of the molecule is CCN(C(=O)C1CC2CCCCC2N1)C(C)CN(C)C. The van der Waals surface area contributed by atoms with E-state index >= 15 is 0 Å². The Morgan fingerprint density at radius 2 is 2.00 bits per heavy atom. The number of hydrogen-bond donors (Lipinski definition) is 1. The Labute approximate surface area is 123 Å². The van der Waals surface area contributed by atoms with Crippen molar-refractivity contribution in [3.8, 4) is 0 Å². The molecule has 4 unspecified atom stereocenters. The maximum Gasteiger partial charge on any atom is 0.239 e. The van der Waals surface area contributed by atoms with Crippen LogP contribution in [0.25, 0.3) is 0 Å². The van der Waals surface area contributed by atoms with Gasteiger partial charge in [0.25, 0.3) is 0 Å². The molecule has 4 nitrogen and oxygen atoms in total. The zero-order valence-corrected chi connectivity index (χ0v) is 13.6. The van der Waals surface area contributed by atoms with Crippen molar-refractivity contribution in [2.75, 3.05) is 27.2 Å². The van der Waals surface area contributed by atoms with E-state index in [0.29, 0.717) is 11.9 Å². The number of hydrogen-bond acceptors (Lipinski definition) is 3. The van der Waals surface area contributed by atoms with Gasteiger partial charge in [-0.25, -0.2) is 0 Å². The second-order valence-electron chi connectivity index (χ2n) is 6.84. The fraction of sp³-hybridized carbons (Fsp3) is 0.938. The molecule has 1 saturated heterocycles. The van der Waals surface area contributed by atoms with Crippen molar-refractivity contribution in [1.29, 1.82) is 0 Å². The summed E-state index contributed by atoms with van der Waals surface area (Å²) in [5, 5.41) is 3.61. The highest BCUT2D eigenvalue weighted by Gasteiger charge is 2.40. The quantitative estimate of drug-likeness (QED) is 0.833. The molecular formula is C16H31N3O. The van der Waals surface area contributed by atoms with Crippen LogP contribution in [0.15, 0.2) is 0 Å². The first kappa shape index (κ1) is 15.8. The number of rotatable bonds is 5. The fourth-order valence-electron chi connectivity index (χ4n) is 4.02. The Bertz CT molecular complexity index is 318. The zero-order chi connectivity index (χ0) is 14.7. The topological polar surface area (TPSA) is 35.6 Å². The molecule has 0 aromatic rings. The average Bonchev–Trinajstić information content (AvgIpc) is 2.82. The molecule has 1 amide bonds. The van der Waals surface area contributed by atoms with Crippen LogP contribution in [0, 0.1) is 5.92 Å². The number of likely N-dealkylation sites (N-methyl/N-ethyl adjacent to an activating group) is 2.